The van der Waals surface area contributed by atoms with E-state index in [1.54, 1.807) is 18.5 Å². The van der Waals surface area contributed by atoms with E-state index in [2.05, 4.69) is 43.3 Å². The Morgan fingerprint density at radius 1 is 1.13 bits per heavy atom. The Bertz CT molecular complexity index is 1270. The van der Waals surface area contributed by atoms with Gasteiger partial charge in [-0.3, -0.25) is 5.10 Å². The average Bonchev–Trinajstić information content (AvgIpc) is 3.25. The number of benzene rings is 2. The first-order valence-corrected chi connectivity index (χ1v) is 10.4. The predicted octanol–water partition coefficient (Wildman–Crippen LogP) is 4.25. The summed E-state index contributed by atoms with van der Waals surface area (Å²) >= 11 is 0. The lowest BCUT2D eigenvalue weighted by Crippen LogP contribution is -2.38. The standard InChI is InChI=1S/C24H22N6O/c1-16-22(14-28-29-16)18-5-6-23-21(12-18)24(27-15-26-23)30-9-7-19(8-10-30)31-20-4-2-3-17(11-20)13-25/h2-6,11-12,14-15,19H,7-10H2,1H3,(H,28,29). The van der Waals surface area contributed by atoms with Gasteiger partial charge in [0.1, 0.15) is 24.0 Å². The maximum atomic E-state index is 9.08. The quantitative estimate of drug-likeness (QED) is 0.541. The number of H-pyrrole nitrogens is 1. The molecule has 1 aliphatic rings. The minimum atomic E-state index is 0.127. The molecule has 0 atom stereocenters. The highest BCUT2D eigenvalue weighted by atomic mass is 16.5. The number of nitriles is 1. The maximum absolute atomic E-state index is 9.08. The van der Waals surface area contributed by atoms with Gasteiger partial charge in [0, 0.05) is 42.6 Å². The highest BCUT2D eigenvalue weighted by Gasteiger charge is 2.23. The topological polar surface area (TPSA) is 90.7 Å². The lowest BCUT2D eigenvalue weighted by molar-refractivity contribution is 0.171. The van der Waals surface area contributed by atoms with Crippen LogP contribution < -0.4 is 9.64 Å². The molecule has 7 heteroatoms. The highest BCUT2D eigenvalue weighted by Crippen LogP contribution is 2.31. The molecule has 0 unspecified atom stereocenters. The van der Waals surface area contributed by atoms with Crippen LogP contribution in [0.15, 0.2) is 55.0 Å². The van der Waals surface area contributed by atoms with E-state index in [4.69, 9.17) is 10.00 Å². The van der Waals surface area contributed by atoms with Crippen LogP contribution in [-0.2, 0) is 0 Å². The number of nitrogens with zero attached hydrogens (tertiary/aromatic N) is 5. The molecule has 0 bridgehead atoms. The maximum Gasteiger partial charge on any atom is 0.139 e. The van der Waals surface area contributed by atoms with E-state index in [0.29, 0.717) is 5.56 Å². The number of aryl methyl sites for hydroxylation is 1. The molecule has 1 N–H and O–H groups in total. The summed E-state index contributed by atoms with van der Waals surface area (Å²) in [4.78, 5) is 11.4. The smallest absolute Gasteiger partial charge is 0.139 e. The molecule has 4 aromatic rings. The lowest BCUT2D eigenvalue weighted by atomic mass is 10.0. The Morgan fingerprint density at radius 2 is 2.00 bits per heavy atom. The first kappa shape index (κ1) is 19.1. The Kier molecular flexibility index (Phi) is 4.97. The van der Waals surface area contributed by atoms with Crippen LogP contribution >= 0.6 is 0 Å². The number of hydrogen-bond donors (Lipinski definition) is 1. The SMILES string of the molecule is Cc1[nH]ncc1-c1ccc2ncnc(N3CCC(Oc4cccc(C#N)c4)CC3)c2c1. The van der Waals surface area contributed by atoms with Crippen molar-refractivity contribution in [1.82, 2.24) is 20.2 Å². The number of rotatable bonds is 4. The molecule has 154 valence electrons. The van der Waals surface area contributed by atoms with Crippen molar-refractivity contribution in [3.63, 3.8) is 0 Å². The molecular weight excluding hydrogens is 388 g/mol. The summed E-state index contributed by atoms with van der Waals surface area (Å²) in [7, 11) is 0. The number of nitrogens with one attached hydrogen (secondary N) is 1. The fourth-order valence-electron chi connectivity index (χ4n) is 4.12. The molecule has 3 heterocycles. The second-order valence-electron chi connectivity index (χ2n) is 7.78. The molecule has 0 saturated carbocycles. The summed E-state index contributed by atoms with van der Waals surface area (Å²) in [5.74, 6) is 1.71. The molecule has 5 rings (SSSR count). The third kappa shape index (κ3) is 3.80. The highest BCUT2D eigenvalue weighted by molar-refractivity contribution is 5.93. The third-order valence-corrected chi connectivity index (χ3v) is 5.76. The van der Waals surface area contributed by atoms with Crippen LogP contribution in [0.3, 0.4) is 0 Å². The van der Waals surface area contributed by atoms with Crippen molar-refractivity contribution in [2.75, 3.05) is 18.0 Å². The van der Waals surface area contributed by atoms with E-state index in [1.165, 1.54) is 0 Å². The molecule has 0 radical (unpaired) electrons. The zero-order chi connectivity index (χ0) is 21.2. The van der Waals surface area contributed by atoms with Crippen LogP contribution in [0.5, 0.6) is 5.75 Å². The molecule has 2 aromatic heterocycles. The van der Waals surface area contributed by atoms with Crippen molar-refractivity contribution in [3.05, 3.63) is 66.2 Å². The summed E-state index contributed by atoms with van der Waals surface area (Å²) in [6, 6.07) is 15.8. The van der Waals surface area contributed by atoms with Gasteiger partial charge in [0.15, 0.2) is 0 Å². The summed E-state index contributed by atoms with van der Waals surface area (Å²) in [6.07, 6.45) is 5.40. The first-order valence-electron chi connectivity index (χ1n) is 10.4. The number of fused-ring (bicyclic) bond motifs is 1. The van der Waals surface area contributed by atoms with Gasteiger partial charge in [0.2, 0.25) is 0 Å². The normalized spacial score (nSPS) is 14.5. The minimum Gasteiger partial charge on any atom is -0.490 e. The zero-order valence-electron chi connectivity index (χ0n) is 17.2. The zero-order valence-corrected chi connectivity index (χ0v) is 17.2. The molecule has 1 aliphatic heterocycles. The lowest BCUT2D eigenvalue weighted by Gasteiger charge is -2.33. The fourth-order valence-corrected chi connectivity index (χ4v) is 4.12. The number of piperidine rings is 1. The van der Waals surface area contributed by atoms with Crippen molar-refractivity contribution >= 4 is 16.7 Å². The van der Waals surface area contributed by atoms with Gasteiger partial charge in [-0.05, 0) is 42.8 Å². The van der Waals surface area contributed by atoms with Crippen LogP contribution in [0.25, 0.3) is 22.0 Å². The molecule has 1 saturated heterocycles. The van der Waals surface area contributed by atoms with Gasteiger partial charge in [-0.2, -0.15) is 10.4 Å². The fraction of sp³-hybridized carbons (Fsp3) is 0.250. The van der Waals surface area contributed by atoms with Gasteiger partial charge in [0.05, 0.1) is 23.3 Å². The van der Waals surface area contributed by atoms with Crippen molar-refractivity contribution in [1.29, 1.82) is 5.26 Å². The van der Waals surface area contributed by atoms with E-state index < -0.39 is 0 Å². The van der Waals surface area contributed by atoms with E-state index in [0.717, 1.165) is 65.2 Å². The summed E-state index contributed by atoms with van der Waals surface area (Å²) in [6.45, 7) is 3.72. The number of aromatic amines is 1. The number of hydrogen-bond acceptors (Lipinski definition) is 6. The van der Waals surface area contributed by atoms with E-state index in [1.807, 2.05) is 31.3 Å². The average molecular weight is 410 g/mol. The number of ether oxygens (including phenoxy) is 1. The van der Waals surface area contributed by atoms with Crippen LogP contribution in [0.4, 0.5) is 5.82 Å². The second kappa shape index (κ2) is 8.07. The molecule has 0 amide bonds. The number of anilines is 1. The Balaban J connectivity index is 1.35. The molecule has 7 nitrogen and oxygen atoms in total. The Labute approximate surface area is 180 Å². The molecule has 1 fully saturated rings. The van der Waals surface area contributed by atoms with Crippen LogP contribution in [-0.4, -0.2) is 39.4 Å². The summed E-state index contributed by atoms with van der Waals surface area (Å²) in [5.41, 5.74) is 4.78. The van der Waals surface area contributed by atoms with Crippen molar-refractivity contribution in [3.8, 4) is 22.9 Å². The van der Waals surface area contributed by atoms with Crippen molar-refractivity contribution < 1.29 is 4.74 Å². The van der Waals surface area contributed by atoms with E-state index >= 15 is 0 Å². The van der Waals surface area contributed by atoms with Gasteiger partial charge in [-0.1, -0.05) is 12.1 Å². The second-order valence-corrected chi connectivity index (χ2v) is 7.78. The Morgan fingerprint density at radius 3 is 2.77 bits per heavy atom. The predicted molar refractivity (Wildman–Crippen MR) is 119 cm³/mol. The molecule has 0 aliphatic carbocycles. The summed E-state index contributed by atoms with van der Waals surface area (Å²) in [5, 5.41) is 17.3. The van der Waals surface area contributed by atoms with E-state index in [9.17, 15) is 0 Å². The van der Waals surface area contributed by atoms with Crippen LogP contribution in [0.2, 0.25) is 0 Å². The number of aromatic nitrogens is 4. The van der Waals surface area contributed by atoms with Crippen molar-refractivity contribution in [2.45, 2.75) is 25.9 Å². The Hall–Kier alpha value is -3.92. The van der Waals surface area contributed by atoms with Gasteiger partial charge < -0.3 is 9.64 Å². The molecule has 0 spiro atoms. The van der Waals surface area contributed by atoms with E-state index in [-0.39, 0.29) is 6.10 Å². The monoisotopic (exact) mass is 410 g/mol. The molecule has 2 aromatic carbocycles. The van der Waals surface area contributed by atoms with Gasteiger partial charge in [-0.25, -0.2) is 9.97 Å². The first-order chi connectivity index (χ1) is 15.2. The van der Waals surface area contributed by atoms with Crippen molar-refractivity contribution in [2.24, 2.45) is 0 Å². The largest absolute Gasteiger partial charge is 0.490 e. The minimum absolute atomic E-state index is 0.127. The van der Waals surface area contributed by atoms with Crippen LogP contribution in [0.1, 0.15) is 24.1 Å². The van der Waals surface area contributed by atoms with Crippen LogP contribution in [0, 0.1) is 18.3 Å². The summed E-state index contributed by atoms with van der Waals surface area (Å²) < 4.78 is 6.13. The van der Waals surface area contributed by atoms with Gasteiger partial charge >= 0.3 is 0 Å². The van der Waals surface area contributed by atoms with Gasteiger partial charge in [-0.15, -0.1) is 0 Å². The van der Waals surface area contributed by atoms with Gasteiger partial charge in [0.25, 0.3) is 0 Å². The molecular formula is C24H22N6O. The molecule has 31 heavy (non-hydrogen) atoms. The third-order valence-electron chi connectivity index (χ3n) is 5.76.